The lowest BCUT2D eigenvalue weighted by molar-refractivity contribution is -0.141. The molecule has 2 fully saturated rings. The van der Waals surface area contributed by atoms with Crippen LogP contribution >= 0.6 is 0 Å². The van der Waals surface area contributed by atoms with E-state index in [1.807, 2.05) is 18.2 Å². The molecular formula is C23H31N3O4. The van der Waals surface area contributed by atoms with Gasteiger partial charge in [0.15, 0.2) is 11.5 Å². The lowest BCUT2D eigenvalue weighted by Crippen LogP contribution is -2.47. The Morgan fingerprint density at radius 2 is 1.83 bits per heavy atom. The monoisotopic (exact) mass is 413 g/mol. The number of hydrogen-bond acceptors (Lipinski definition) is 6. The minimum absolute atomic E-state index is 0.219. The standard InChI is InChI=1S/C23H31N3O4/c1-28-19-12-11-17(15-20(19)29-2)22-24-21(30-25-22)13-14-26(18-9-4-3-5-10-18)23(27)16-7-6-8-16/h11-12,15-16,18H,3-10,13-14H2,1-2H3. The van der Waals surface area contributed by atoms with Crippen LogP contribution in [-0.4, -0.2) is 47.8 Å². The molecule has 0 atom stereocenters. The molecule has 0 N–H and O–H groups in total. The van der Waals surface area contributed by atoms with E-state index in [0.717, 1.165) is 31.2 Å². The average Bonchev–Trinajstić information content (AvgIpc) is 3.22. The van der Waals surface area contributed by atoms with Crippen molar-refractivity contribution in [1.29, 1.82) is 0 Å². The van der Waals surface area contributed by atoms with Gasteiger partial charge in [-0.2, -0.15) is 4.98 Å². The van der Waals surface area contributed by atoms with E-state index in [1.54, 1.807) is 14.2 Å². The molecule has 0 bridgehead atoms. The molecule has 7 nitrogen and oxygen atoms in total. The highest BCUT2D eigenvalue weighted by molar-refractivity contribution is 5.80. The van der Waals surface area contributed by atoms with Crippen LogP contribution in [0.5, 0.6) is 11.5 Å². The van der Waals surface area contributed by atoms with Crippen molar-refractivity contribution in [3.63, 3.8) is 0 Å². The molecular weight excluding hydrogens is 382 g/mol. The molecule has 0 aliphatic heterocycles. The summed E-state index contributed by atoms with van der Waals surface area (Å²) in [5.74, 6) is 2.89. The maximum absolute atomic E-state index is 13.0. The van der Waals surface area contributed by atoms with E-state index >= 15 is 0 Å². The molecule has 2 aliphatic carbocycles. The summed E-state index contributed by atoms with van der Waals surface area (Å²) < 4.78 is 16.1. The number of methoxy groups -OCH3 is 2. The van der Waals surface area contributed by atoms with Crippen LogP contribution in [0.3, 0.4) is 0 Å². The molecule has 0 unspecified atom stereocenters. The molecule has 162 valence electrons. The number of hydrogen-bond donors (Lipinski definition) is 0. The topological polar surface area (TPSA) is 77.7 Å². The van der Waals surface area contributed by atoms with Gasteiger partial charge in [-0.25, -0.2) is 0 Å². The molecule has 1 amide bonds. The third kappa shape index (κ3) is 4.45. The smallest absolute Gasteiger partial charge is 0.228 e. The molecule has 0 spiro atoms. The SMILES string of the molecule is COc1ccc(-c2noc(CCN(C(=O)C3CCC3)C3CCCCC3)n2)cc1OC. The fraction of sp³-hybridized carbons (Fsp3) is 0.609. The van der Waals surface area contributed by atoms with Crippen LogP contribution in [-0.2, 0) is 11.2 Å². The largest absolute Gasteiger partial charge is 0.493 e. The highest BCUT2D eigenvalue weighted by Gasteiger charge is 2.33. The van der Waals surface area contributed by atoms with Crippen LogP contribution in [0.4, 0.5) is 0 Å². The first-order valence-electron chi connectivity index (χ1n) is 11.0. The van der Waals surface area contributed by atoms with Crippen molar-refractivity contribution >= 4 is 5.91 Å². The summed E-state index contributed by atoms with van der Waals surface area (Å²) in [5, 5.41) is 4.13. The second-order valence-corrected chi connectivity index (χ2v) is 8.28. The zero-order chi connectivity index (χ0) is 20.9. The number of carbonyl (C=O) groups is 1. The zero-order valence-electron chi connectivity index (χ0n) is 17.9. The van der Waals surface area contributed by atoms with Gasteiger partial charge in [0.05, 0.1) is 14.2 Å². The molecule has 7 heteroatoms. The Morgan fingerprint density at radius 1 is 1.07 bits per heavy atom. The van der Waals surface area contributed by atoms with E-state index in [-0.39, 0.29) is 5.92 Å². The molecule has 1 aromatic carbocycles. The van der Waals surface area contributed by atoms with Crippen LogP contribution in [0.1, 0.15) is 57.3 Å². The number of rotatable bonds is 8. The van der Waals surface area contributed by atoms with Gasteiger partial charge >= 0.3 is 0 Å². The van der Waals surface area contributed by atoms with E-state index in [4.69, 9.17) is 14.0 Å². The molecule has 1 aromatic heterocycles. The minimum atomic E-state index is 0.219. The minimum Gasteiger partial charge on any atom is -0.493 e. The third-order valence-electron chi connectivity index (χ3n) is 6.43. The van der Waals surface area contributed by atoms with Crippen LogP contribution in [0.25, 0.3) is 11.4 Å². The molecule has 2 saturated carbocycles. The third-order valence-corrected chi connectivity index (χ3v) is 6.43. The zero-order valence-corrected chi connectivity index (χ0v) is 17.9. The van der Waals surface area contributed by atoms with E-state index in [2.05, 4.69) is 15.0 Å². The number of benzene rings is 1. The predicted molar refractivity (Wildman–Crippen MR) is 112 cm³/mol. The maximum Gasteiger partial charge on any atom is 0.228 e. The van der Waals surface area contributed by atoms with Crippen molar-refractivity contribution in [2.24, 2.45) is 5.92 Å². The van der Waals surface area contributed by atoms with E-state index in [0.29, 0.717) is 48.1 Å². The first-order chi connectivity index (χ1) is 14.7. The molecule has 2 aliphatic rings. The molecule has 0 radical (unpaired) electrons. The summed E-state index contributed by atoms with van der Waals surface area (Å²) >= 11 is 0. The lowest BCUT2D eigenvalue weighted by Gasteiger charge is -2.38. The fourth-order valence-electron chi connectivity index (χ4n) is 4.42. The van der Waals surface area contributed by atoms with Crippen LogP contribution in [0.15, 0.2) is 22.7 Å². The van der Waals surface area contributed by atoms with Crippen LogP contribution < -0.4 is 9.47 Å². The number of carbonyl (C=O) groups excluding carboxylic acids is 1. The van der Waals surface area contributed by atoms with Crippen molar-refractivity contribution in [2.45, 2.75) is 63.8 Å². The van der Waals surface area contributed by atoms with Crippen molar-refractivity contribution in [3.8, 4) is 22.9 Å². The number of ether oxygens (including phenoxy) is 2. The van der Waals surface area contributed by atoms with Crippen molar-refractivity contribution < 1.29 is 18.8 Å². The van der Waals surface area contributed by atoms with Crippen molar-refractivity contribution in [2.75, 3.05) is 20.8 Å². The Hall–Kier alpha value is -2.57. The molecule has 1 heterocycles. The molecule has 0 saturated heterocycles. The summed E-state index contributed by atoms with van der Waals surface area (Å²) in [7, 11) is 3.20. The fourth-order valence-corrected chi connectivity index (χ4v) is 4.42. The van der Waals surface area contributed by atoms with Crippen LogP contribution in [0.2, 0.25) is 0 Å². The molecule has 30 heavy (non-hydrogen) atoms. The first-order valence-corrected chi connectivity index (χ1v) is 11.0. The van der Waals surface area contributed by atoms with Gasteiger partial charge in [-0.15, -0.1) is 0 Å². The van der Waals surface area contributed by atoms with Gasteiger partial charge in [-0.05, 0) is 43.9 Å². The summed E-state index contributed by atoms with van der Waals surface area (Å²) in [6.45, 7) is 0.646. The molecule has 2 aromatic rings. The van der Waals surface area contributed by atoms with Gasteiger partial charge < -0.3 is 18.9 Å². The highest BCUT2D eigenvalue weighted by Crippen LogP contribution is 2.33. The number of amides is 1. The second-order valence-electron chi connectivity index (χ2n) is 8.28. The van der Waals surface area contributed by atoms with Gasteiger partial charge in [-0.1, -0.05) is 30.8 Å². The van der Waals surface area contributed by atoms with Gasteiger partial charge in [0, 0.05) is 30.5 Å². The van der Waals surface area contributed by atoms with Crippen molar-refractivity contribution in [1.82, 2.24) is 15.0 Å². The first kappa shape index (κ1) is 20.7. The normalized spacial score (nSPS) is 17.4. The van der Waals surface area contributed by atoms with Gasteiger partial charge in [0.1, 0.15) is 0 Å². The average molecular weight is 414 g/mol. The second kappa shape index (κ2) is 9.49. The summed E-state index contributed by atoms with van der Waals surface area (Å²) in [4.78, 5) is 19.7. The highest BCUT2D eigenvalue weighted by atomic mass is 16.5. The summed E-state index contributed by atoms with van der Waals surface area (Å²) in [5.41, 5.74) is 0.803. The van der Waals surface area contributed by atoms with E-state index in [1.165, 1.54) is 25.7 Å². The van der Waals surface area contributed by atoms with Crippen molar-refractivity contribution in [3.05, 3.63) is 24.1 Å². The maximum atomic E-state index is 13.0. The number of aromatic nitrogens is 2. The Bertz CT molecular complexity index is 856. The Kier molecular flexibility index (Phi) is 6.55. The summed E-state index contributed by atoms with van der Waals surface area (Å²) in [6.07, 6.45) is 9.74. The van der Waals surface area contributed by atoms with E-state index < -0.39 is 0 Å². The quantitative estimate of drug-likeness (QED) is 0.644. The predicted octanol–water partition coefficient (Wildman–Crippen LogP) is 4.26. The Morgan fingerprint density at radius 3 is 2.50 bits per heavy atom. The van der Waals surface area contributed by atoms with E-state index in [9.17, 15) is 4.79 Å². The van der Waals surface area contributed by atoms with Gasteiger partial charge in [-0.3, -0.25) is 4.79 Å². The molecule has 4 rings (SSSR count). The van der Waals surface area contributed by atoms with Gasteiger partial charge in [0.25, 0.3) is 0 Å². The summed E-state index contributed by atoms with van der Waals surface area (Å²) in [6, 6.07) is 5.90. The number of nitrogens with zero attached hydrogens (tertiary/aromatic N) is 3. The van der Waals surface area contributed by atoms with Gasteiger partial charge in [0.2, 0.25) is 17.6 Å². The Balaban J connectivity index is 1.44. The van der Waals surface area contributed by atoms with Crippen LogP contribution in [0, 0.1) is 5.92 Å². The Labute approximate surface area is 177 Å². The lowest BCUT2D eigenvalue weighted by atomic mass is 9.83.